The molecule has 2 amide bonds. The SMILES string of the molecule is CCOC(=O)[C@]1(c2ccccc2)[NH2+][C@@H](c2cccs2)[C@H]2C(=O)N(C)C(=O)[C@H]21. The number of hydrogen-bond acceptors (Lipinski definition) is 5. The number of imide groups is 1. The standard InChI is InChI=1S/C20H20N2O4S/c1-3-26-19(25)20(12-8-5-4-6-9-12)15-14(17(23)22(2)18(15)24)16(21-20)13-10-7-11-27-13/h4-11,14-16,21H,3H2,1-2H3/p+1/t14-,15-,16-,20+/m0/s1. The predicted molar refractivity (Wildman–Crippen MR) is 98.5 cm³/mol. The molecule has 7 heteroatoms. The fourth-order valence-corrected chi connectivity index (χ4v) is 5.30. The van der Waals surface area contributed by atoms with Gasteiger partial charge in [0, 0.05) is 12.6 Å². The van der Waals surface area contributed by atoms with Gasteiger partial charge in [-0.15, -0.1) is 11.3 Å². The molecule has 3 heterocycles. The highest BCUT2D eigenvalue weighted by Gasteiger charge is 2.73. The van der Waals surface area contributed by atoms with E-state index in [9.17, 15) is 14.4 Å². The number of esters is 1. The molecule has 2 aliphatic heterocycles. The Morgan fingerprint density at radius 1 is 1.19 bits per heavy atom. The van der Waals surface area contributed by atoms with Crippen molar-refractivity contribution in [3.63, 3.8) is 0 Å². The van der Waals surface area contributed by atoms with Crippen LogP contribution in [0.3, 0.4) is 0 Å². The number of hydrogen-bond donors (Lipinski definition) is 1. The second-order valence-electron chi connectivity index (χ2n) is 6.90. The molecule has 0 spiro atoms. The maximum Gasteiger partial charge on any atom is 0.373 e. The van der Waals surface area contributed by atoms with Crippen LogP contribution in [0.5, 0.6) is 0 Å². The number of quaternary nitrogens is 1. The molecule has 27 heavy (non-hydrogen) atoms. The number of benzene rings is 1. The van der Waals surface area contributed by atoms with Crippen LogP contribution >= 0.6 is 11.3 Å². The van der Waals surface area contributed by atoms with Gasteiger partial charge in [-0.1, -0.05) is 36.4 Å². The van der Waals surface area contributed by atoms with Crippen LogP contribution in [0.2, 0.25) is 0 Å². The van der Waals surface area contributed by atoms with Crippen molar-refractivity contribution < 1.29 is 24.4 Å². The van der Waals surface area contributed by atoms with Crippen LogP contribution in [0.15, 0.2) is 47.8 Å². The summed E-state index contributed by atoms with van der Waals surface area (Å²) in [5, 5.41) is 3.82. The van der Waals surface area contributed by atoms with Crippen molar-refractivity contribution in [1.82, 2.24) is 4.90 Å². The fraction of sp³-hybridized carbons (Fsp3) is 0.350. The van der Waals surface area contributed by atoms with Crippen LogP contribution in [0.25, 0.3) is 0 Å². The molecule has 0 radical (unpaired) electrons. The van der Waals surface area contributed by atoms with E-state index in [4.69, 9.17) is 4.74 Å². The van der Waals surface area contributed by atoms with Gasteiger partial charge in [0.05, 0.1) is 11.5 Å². The minimum atomic E-state index is -1.27. The highest BCUT2D eigenvalue weighted by atomic mass is 32.1. The topological polar surface area (TPSA) is 80.3 Å². The minimum absolute atomic E-state index is 0.209. The van der Waals surface area contributed by atoms with Gasteiger partial charge in [0.1, 0.15) is 17.9 Å². The van der Waals surface area contributed by atoms with E-state index >= 15 is 0 Å². The van der Waals surface area contributed by atoms with Gasteiger partial charge in [0.25, 0.3) is 0 Å². The highest BCUT2D eigenvalue weighted by Crippen LogP contribution is 2.48. The van der Waals surface area contributed by atoms with Gasteiger partial charge in [-0.25, -0.2) is 4.79 Å². The second kappa shape index (κ2) is 6.58. The Bertz CT molecular complexity index is 883. The maximum absolute atomic E-state index is 13.3. The van der Waals surface area contributed by atoms with Gasteiger partial charge < -0.3 is 10.1 Å². The summed E-state index contributed by atoms with van der Waals surface area (Å²) in [6.07, 6.45) is 0. The molecular weight excluding hydrogens is 364 g/mol. The lowest BCUT2D eigenvalue weighted by Crippen LogP contribution is -2.96. The Kier molecular flexibility index (Phi) is 4.36. The lowest BCUT2D eigenvalue weighted by molar-refractivity contribution is -0.741. The summed E-state index contributed by atoms with van der Waals surface area (Å²) < 4.78 is 5.43. The molecule has 0 unspecified atom stereocenters. The summed E-state index contributed by atoms with van der Waals surface area (Å²) in [4.78, 5) is 41.4. The zero-order valence-corrected chi connectivity index (χ0v) is 15.9. The Morgan fingerprint density at radius 3 is 2.56 bits per heavy atom. The van der Waals surface area contributed by atoms with Crippen LogP contribution in [-0.4, -0.2) is 36.3 Å². The van der Waals surface area contributed by atoms with E-state index in [2.05, 4.69) is 0 Å². The van der Waals surface area contributed by atoms with E-state index in [0.717, 1.165) is 4.88 Å². The lowest BCUT2D eigenvalue weighted by Gasteiger charge is -2.29. The molecule has 2 saturated heterocycles. The predicted octanol–water partition coefficient (Wildman–Crippen LogP) is 1.06. The number of rotatable bonds is 4. The molecule has 0 aliphatic carbocycles. The number of nitrogens with two attached hydrogens (primary N) is 1. The first-order chi connectivity index (χ1) is 13.0. The van der Waals surface area contributed by atoms with Crippen LogP contribution < -0.4 is 5.32 Å². The monoisotopic (exact) mass is 385 g/mol. The van der Waals surface area contributed by atoms with E-state index in [1.165, 1.54) is 23.3 Å². The first-order valence-corrected chi connectivity index (χ1v) is 9.84. The Hall–Kier alpha value is -2.51. The van der Waals surface area contributed by atoms with Crippen molar-refractivity contribution in [2.75, 3.05) is 13.7 Å². The van der Waals surface area contributed by atoms with Crippen LogP contribution in [0.1, 0.15) is 23.4 Å². The maximum atomic E-state index is 13.3. The van der Waals surface area contributed by atoms with Crippen molar-refractivity contribution in [2.45, 2.75) is 18.5 Å². The molecule has 0 bridgehead atoms. The van der Waals surface area contributed by atoms with Crippen LogP contribution in [0.4, 0.5) is 0 Å². The van der Waals surface area contributed by atoms with Crippen molar-refractivity contribution in [2.24, 2.45) is 11.8 Å². The van der Waals surface area contributed by atoms with E-state index in [-0.39, 0.29) is 24.5 Å². The normalized spacial score (nSPS) is 29.9. The quantitative estimate of drug-likeness (QED) is 0.630. The van der Waals surface area contributed by atoms with Crippen molar-refractivity contribution in [3.05, 3.63) is 58.3 Å². The van der Waals surface area contributed by atoms with Gasteiger partial charge in [-0.05, 0) is 18.4 Å². The number of carbonyl (C=O) groups is 3. The second-order valence-corrected chi connectivity index (χ2v) is 7.88. The van der Waals surface area contributed by atoms with Gasteiger partial charge in [-0.3, -0.25) is 14.5 Å². The van der Waals surface area contributed by atoms with Crippen LogP contribution in [-0.2, 0) is 24.7 Å². The van der Waals surface area contributed by atoms with Gasteiger partial charge >= 0.3 is 5.97 Å². The number of ether oxygens (including phenoxy) is 1. The van der Waals surface area contributed by atoms with Gasteiger partial charge in [0.15, 0.2) is 0 Å². The van der Waals surface area contributed by atoms with E-state index < -0.39 is 23.3 Å². The van der Waals surface area contributed by atoms with E-state index in [1.807, 2.05) is 53.2 Å². The van der Waals surface area contributed by atoms with Gasteiger partial charge in [-0.2, -0.15) is 0 Å². The number of fused-ring (bicyclic) bond motifs is 1. The summed E-state index contributed by atoms with van der Waals surface area (Å²) >= 11 is 1.53. The Morgan fingerprint density at radius 2 is 1.93 bits per heavy atom. The number of likely N-dealkylation sites (tertiary alicyclic amines) is 1. The molecule has 1 aromatic heterocycles. The zero-order valence-electron chi connectivity index (χ0n) is 15.1. The molecule has 2 aliphatic rings. The third-order valence-electron chi connectivity index (χ3n) is 5.63. The third kappa shape index (κ3) is 2.45. The summed E-state index contributed by atoms with van der Waals surface area (Å²) in [5.41, 5.74) is -0.581. The summed E-state index contributed by atoms with van der Waals surface area (Å²) in [6, 6.07) is 12.8. The Balaban J connectivity index is 1.93. The summed E-state index contributed by atoms with van der Waals surface area (Å²) in [5.74, 6) is -2.41. The van der Waals surface area contributed by atoms with Crippen molar-refractivity contribution in [1.29, 1.82) is 0 Å². The minimum Gasteiger partial charge on any atom is -0.461 e. The molecule has 0 saturated carbocycles. The molecule has 2 fully saturated rings. The Labute approximate surface area is 161 Å². The number of thiophene rings is 1. The van der Waals surface area contributed by atoms with E-state index in [0.29, 0.717) is 5.56 Å². The first kappa shape index (κ1) is 17.9. The molecule has 1 aromatic carbocycles. The largest absolute Gasteiger partial charge is 0.461 e. The van der Waals surface area contributed by atoms with E-state index in [1.54, 1.807) is 6.92 Å². The zero-order chi connectivity index (χ0) is 19.2. The average molecular weight is 385 g/mol. The first-order valence-electron chi connectivity index (χ1n) is 8.96. The number of amides is 2. The molecule has 2 N–H and O–H groups in total. The lowest BCUT2D eigenvalue weighted by atomic mass is 9.75. The molecule has 4 atom stereocenters. The highest BCUT2D eigenvalue weighted by molar-refractivity contribution is 7.10. The number of carbonyl (C=O) groups excluding carboxylic acids is 3. The molecule has 6 nitrogen and oxygen atoms in total. The summed E-state index contributed by atoms with van der Waals surface area (Å²) in [7, 11) is 1.50. The average Bonchev–Trinajstić information content (AvgIpc) is 3.37. The third-order valence-corrected chi connectivity index (χ3v) is 6.60. The summed E-state index contributed by atoms with van der Waals surface area (Å²) in [6.45, 7) is 1.95. The number of nitrogens with zero attached hydrogens (tertiary/aromatic N) is 1. The van der Waals surface area contributed by atoms with Crippen molar-refractivity contribution in [3.8, 4) is 0 Å². The smallest absolute Gasteiger partial charge is 0.373 e. The fourth-order valence-electron chi connectivity index (χ4n) is 4.46. The van der Waals surface area contributed by atoms with Gasteiger partial charge in [0.2, 0.25) is 17.4 Å². The van der Waals surface area contributed by atoms with Crippen molar-refractivity contribution >= 4 is 29.1 Å². The molecule has 140 valence electrons. The molecular formula is C20H21N2O4S+. The van der Waals surface area contributed by atoms with Crippen LogP contribution in [0, 0.1) is 11.8 Å². The molecule has 2 aromatic rings. The molecule has 4 rings (SSSR count).